The summed E-state index contributed by atoms with van der Waals surface area (Å²) in [6, 6.07) is 0.300. The van der Waals surface area contributed by atoms with Crippen LogP contribution in [0.25, 0.3) is 0 Å². The highest BCUT2D eigenvalue weighted by Gasteiger charge is 2.18. The van der Waals surface area contributed by atoms with Crippen molar-refractivity contribution < 1.29 is 4.79 Å². The number of rotatable bonds is 2. The van der Waals surface area contributed by atoms with E-state index in [-0.39, 0.29) is 5.91 Å². The molecule has 1 heterocycles. The minimum atomic E-state index is -0.142. The molecule has 0 unspecified atom stereocenters. The molecule has 0 bridgehead atoms. The fourth-order valence-electron chi connectivity index (χ4n) is 1.98. The number of anilines is 1. The van der Waals surface area contributed by atoms with Gasteiger partial charge < -0.3 is 11.1 Å². The SMILES string of the molecule is Nc1cn[nH]c1C(=O)NC1CCCCC1. The fraction of sp³-hybridized carbons (Fsp3) is 0.600. The molecule has 4 N–H and O–H groups in total. The molecular weight excluding hydrogens is 192 g/mol. The number of nitrogens with zero attached hydrogens (tertiary/aromatic N) is 1. The molecule has 0 aromatic carbocycles. The third kappa shape index (κ3) is 2.29. The van der Waals surface area contributed by atoms with Crippen LogP contribution >= 0.6 is 0 Å². The summed E-state index contributed by atoms with van der Waals surface area (Å²) < 4.78 is 0. The summed E-state index contributed by atoms with van der Waals surface area (Å²) in [6.45, 7) is 0. The van der Waals surface area contributed by atoms with E-state index in [9.17, 15) is 4.79 Å². The van der Waals surface area contributed by atoms with E-state index in [0.29, 0.717) is 17.4 Å². The first-order valence-corrected chi connectivity index (χ1v) is 5.37. The Balaban J connectivity index is 1.94. The van der Waals surface area contributed by atoms with Gasteiger partial charge in [-0.2, -0.15) is 5.10 Å². The summed E-state index contributed by atoms with van der Waals surface area (Å²) in [5, 5.41) is 9.30. The Hall–Kier alpha value is -1.52. The van der Waals surface area contributed by atoms with E-state index < -0.39 is 0 Å². The van der Waals surface area contributed by atoms with Gasteiger partial charge in [0.1, 0.15) is 5.69 Å². The number of nitrogens with two attached hydrogens (primary N) is 1. The van der Waals surface area contributed by atoms with Gasteiger partial charge in [0.05, 0.1) is 11.9 Å². The maximum atomic E-state index is 11.7. The number of carbonyl (C=O) groups excluding carboxylic acids is 1. The van der Waals surface area contributed by atoms with Crippen molar-refractivity contribution in [2.45, 2.75) is 38.1 Å². The van der Waals surface area contributed by atoms with Crippen LogP contribution in [0.15, 0.2) is 6.20 Å². The average molecular weight is 208 g/mol. The third-order valence-electron chi connectivity index (χ3n) is 2.84. The predicted molar refractivity (Wildman–Crippen MR) is 57.3 cm³/mol. The Morgan fingerprint density at radius 2 is 2.20 bits per heavy atom. The van der Waals surface area contributed by atoms with Crippen LogP contribution in [-0.4, -0.2) is 22.1 Å². The van der Waals surface area contributed by atoms with Gasteiger partial charge in [0.15, 0.2) is 0 Å². The highest BCUT2D eigenvalue weighted by molar-refractivity contribution is 5.97. The number of carbonyl (C=O) groups is 1. The first-order valence-electron chi connectivity index (χ1n) is 5.37. The molecule has 1 aliphatic carbocycles. The van der Waals surface area contributed by atoms with Crippen molar-refractivity contribution in [3.8, 4) is 0 Å². The van der Waals surface area contributed by atoms with Crippen molar-refractivity contribution in [3.63, 3.8) is 0 Å². The van der Waals surface area contributed by atoms with Gasteiger partial charge >= 0.3 is 0 Å². The number of aromatic nitrogens is 2. The van der Waals surface area contributed by atoms with E-state index in [4.69, 9.17) is 5.73 Å². The maximum Gasteiger partial charge on any atom is 0.271 e. The lowest BCUT2D eigenvalue weighted by molar-refractivity contribution is 0.0923. The summed E-state index contributed by atoms with van der Waals surface area (Å²) in [5.74, 6) is -0.142. The molecule has 1 fully saturated rings. The molecule has 0 atom stereocenters. The van der Waals surface area contributed by atoms with Crippen LogP contribution in [0.5, 0.6) is 0 Å². The van der Waals surface area contributed by atoms with Gasteiger partial charge in [-0.1, -0.05) is 19.3 Å². The average Bonchev–Trinajstić information content (AvgIpc) is 2.66. The van der Waals surface area contributed by atoms with Gasteiger partial charge in [0, 0.05) is 6.04 Å². The van der Waals surface area contributed by atoms with Crippen molar-refractivity contribution >= 4 is 11.6 Å². The van der Waals surface area contributed by atoms with Gasteiger partial charge in [-0.3, -0.25) is 9.89 Å². The van der Waals surface area contributed by atoms with Gasteiger partial charge in [0.25, 0.3) is 5.91 Å². The molecule has 1 saturated carbocycles. The van der Waals surface area contributed by atoms with Crippen LogP contribution in [0.1, 0.15) is 42.6 Å². The predicted octanol–water partition coefficient (Wildman–Crippen LogP) is 1.05. The highest BCUT2D eigenvalue weighted by atomic mass is 16.2. The molecule has 0 spiro atoms. The zero-order valence-electron chi connectivity index (χ0n) is 8.62. The molecule has 15 heavy (non-hydrogen) atoms. The van der Waals surface area contributed by atoms with Gasteiger partial charge in [-0.15, -0.1) is 0 Å². The molecule has 1 aliphatic rings. The third-order valence-corrected chi connectivity index (χ3v) is 2.84. The summed E-state index contributed by atoms with van der Waals surface area (Å²) >= 11 is 0. The van der Waals surface area contributed by atoms with E-state index in [0.717, 1.165) is 12.8 Å². The zero-order valence-corrected chi connectivity index (χ0v) is 8.62. The molecule has 82 valence electrons. The Labute approximate surface area is 88.4 Å². The van der Waals surface area contributed by atoms with Crippen LogP contribution in [0, 0.1) is 0 Å². The lowest BCUT2D eigenvalue weighted by Gasteiger charge is -2.22. The number of hydrogen-bond acceptors (Lipinski definition) is 3. The molecule has 1 aromatic rings. The smallest absolute Gasteiger partial charge is 0.271 e. The van der Waals surface area contributed by atoms with Crippen molar-refractivity contribution in [2.75, 3.05) is 5.73 Å². The van der Waals surface area contributed by atoms with Crippen molar-refractivity contribution in [1.82, 2.24) is 15.5 Å². The van der Waals surface area contributed by atoms with E-state index in [1.54, 1.807) is 0 Å². The Morgan fingerprint density at radius 1 is 1.47 bits per heavy atom. The first-order chi connectivity index (χ1) is 7.27. The van der Waals surface area contributed by atoms with Crippen LogP contribution in [0.2, 0.25) is 0 Å². The zero-order chi connectivity index (χ0) is 10.7. The monoisotopic (exact) mass is 208 g/mol. The number of hydrogen-bond donors (Lipinski definition) is 3. The molecule has 1 amide bonds. The van der Waals surface area contributed by atoms with E-state index >= 15 is 0 Å². The van der Waals surface area contributed by atoms with Crippen LogP contribution < -0.4 is 11.1 Å². The van der Waals surface area contributed by atoms with Crippen LogP contribution in [-0.2, 0) is 0 Å². The van der Waals surface area contributed by atoms with E-state index in [1.165, 1.54) is 25.5 Å². The summed E-state index contributed by atoms with van der Waals surface area (Å²) in [6.07, 6.45) is 7.26. The van der Waals surface area contributed by atoms with E-state index in [1.807, 2.05) is 0 Å². The fourth-order valence-corrected chi connectivity index (χ4v) is 1.98. The standard InChI is InChI=1S/C10H16N4O/c11-8-6-12-14-9(8)10(15)13-7-4-2-1-3-5-7/h6-7H,1-5,11H2,(H,12,14)(H,13,15). The first kappa shape index (κ1) is 10.0. The number of H-pyrrole nitrogens is 1. The molecule has 1 aromatic heterocycles. The van der Waals surface area contributed by atoms with Gasteiger partial charge in [-0.05, 0) is 12.8 Å². The van der Waals surface area contributed by atoms with Crippen LogP contribution in [0.4, 0.5) is 5.69 Å². The second-order valence-electron chi connectivity index (χ2n) is 4.01. The number of amides is 1. The highest BCUT2D eigenvalue weighted by Crippen LogP contribution is 2.18. The van der Waals surface area contributed by atoms with Crippen LogP contribution in [0.3, 0.4) is 0 Å². The minimum Gasteiger partial charge on any atom is -0.396 e. The van der Waals surface area contributed by atoms with Gasteiger partial charge in [-0.25, -0.2) is 0 Å². The summed E-state index contributed by atoms with van der Waals surface area (Å²) in [4.78, 5) is 11.7. The second kappa shape index (κ2) is 4.33. The molecule has 5 heteroatoms. The van der Waals surface area contributed by atoms with Gasteiger partial charge in [0.2, 0.25) is 0 Å². The Kier molecular flexibility index (Phi) is 2.89. The lowest BCUT2D eigenvalue weighted by atomic mass is 9.95. The van der Waals surface area contributed by atoms with E-state index in [2.05, 4.69) is 15.5 Å². The molecule has 0 aliphatic heterocycles. The molecule has 0 saturated heterocycles. The minimum absolute atomic E-state index is 0.142. The summed E-state index contributed by atoms with van der Waals surface area (Å²) in [5.41, 5.74) is 6.37. The molecule has 2 rings (SSSR count). The molecule has 5 nitrogen and oxygen atoms in total. The maximum absolute atomic E-state index is 11.7. The lowest BCUT2D eigenvalue weighted by Crippen LogP contribution is -2.36. The van der Waals surface area contributed by atoms with Crippen molar-refractivity contribution in [3.05, 3.63) is 11.9 Å². The normalized spacial score (nSPS) is 17.6. The van der Waals surface area contributed by atoms with Crippen molar-refractivity contribution in [2.24, 2.45) is 0 Å². The number of nitrogens with one attached hydrogen (secondary N) is 2. The number of nitrogen functional groups attached to an aromatic ring is 1. The Morgan fingerprint density at radius 3 is 2.80 bits per heavy atom. The molecular formula is C10H16N4O. The molecule has 0 radical (unpaired) electrons. The Bertz CT molecular complexity index is 341. The number of aromatic amines is 1. The topological polar surface area (TPSA) is 83.8 Å². The summed E-state index contributed by atoms with van der Waals surface area (Å²) in [7, 11) is 0. The second-order valence-corrected chi connectivity index (χ2v) is 4.01. The quantitative estimate of drug-likeness (QED) is 0.679. The largest absolute Gasteiger partial charge is 0.396 e. The van der Waals surface area contributed by atoms with Crippen molar-refractivity contribution in [1.29, 1.82) is 0 Å².